The molecule has 0 aromatic heterocycles. The van der Waals surface area contributed by atoms with Crippen LogP contribution in [0.25, 0.3) is 0 Å². The Kier molecular flexibility index (Phi) is 5.92. The van der Waals surface area contributed by atoms with Gasteiger partial charge in [0.2, 0.25) is 0 Å². The van der Waals surface area contributed by atoms with Gasteiger partial charge in [-0.2, -0.15) is 0 Å². The predicted octanol–water partition coefficient (Wildman–Crippen LogP) is 5.05. The second-order valence-electron chi connectivity index (χ2n) is 6.18. The van der Waals surface area contributed by atoms with Gasteiger partial charge in [0.05, 0.1) is 0 Å². The van der Waals surface area contributed by atoms with Crippen LogP contribution in [0.3, 0.4) is 0 Å². The van der Waals surface area contributed by atoms with E-state index in [-0.39, 0.29) is 5.92 Å². The van der Waals surface area contributed by atoms with Crippen molar-refractivity contribution in [2.75, 3.05) is 6.54 Å². The topological polar surface area (TPSA) is 46.3 Å². The summed E-state index contributed by atoms with van der Waals surface area (Å²) in [6, 6.07) is 27.4. The van der Waals surface area contributed by atoms with Gasteiger partial charge in [0.25, 0.3) is 0 Å². The molecule has 2 amide bonds. The van der Waals surface area contributed by atoms with Crippen LogP contribution in [0.1, 0.15) is 22.6 Å². The summed E-state index contributed by atoms with van der Waals surface area (Å²) in [5.41, 5.74) is 8.85. The molecule has 3 nitrogen and oxygen atoms in total. The number of amides is 2. The molecule has 0 unspecified atom stereocenters. The number of nitrogens with zero attached hydrogens (tertiary/aromatic N) is 1. The second-order valence-corrected chi connectivity index (χ2v) is 6.59. The number of nitrogens with two attached hydrogens (primary N) is 1. The number of carbonyl (C=O) groups excluding carboxylic acids is 1. The maximum atomic E-state index is 12.1. The Bertz CT molecular complexity index is 813. The van der Waals surface area contributed by atoms with Crippen LogP contribution in [-0.4, -0.2) is 17.5 Å². The average molecular weight is 365 g/mol. The molecule has 3 aromatic rings. The zero-order chi connectivity index (χ0) is 18.4. The van der Waals surface area contributed by atoms with Gasteiger partial charge in [-0.05, 0) is 22.8 Å². The number of rotatable bonds is 6. The Hall–Kier alpha value is -2.78. The number of benzene rings is 3. The minimum atomic E-state index is -0.457. The standard InChI is InChI=1S/C22H21ClN2O/c23-21-14-8-7-13-19(21)15-25(22(24)26)16-20(17-9-3-1-4-10-17)18-11-5-2-6-12-18/h1-14,20H,15-16H2,(H2,24,26). The summed E-state index contributed by atoms with van der Waals surface area (Å²) < 4.78 is 0. The third kappa shape index (κ3) is 4.44. The number of carbonyl (C=O) groups is 1. The zero-order valence-electron chi connectivity index (χ0n) is 14.4. The number of hydrogen-bond acceptors (Lipinski definition) is 1. The molecule has 0 bridgehead atoms. The normalized spacial score (nSPS) is 10.7. The van der Waals surface area contributed by atoms with Crippen LogP contribution in [0.5, 0.6) is 0 Å². The first-order valence-corrected chi connectivity index (χ1v) is 8.90. The van der Waals surface area contributed by atoms with Crippen LogP contribution >= 0.6 is 11.6 Å². The van der Waals surface area contributed by atoms with E-state index in [2.05, 4.69) is 24.3 Å². The molecule has 0 saturated carbocycles. The molecule has 0 saturated heterocycles. The second kappa shape index (κ2) is 8.54. The van der Waals surface area contributed by atoms with Crippen molar-refractivity contribution < 1.29 is 4.79 Å². The lowest BCUT2D eigenvalue weighted by Crippen LogP contribution is -2.38. The molecule has 0 spiro atoms. The molecule has 0 aliphatic heterocycles. The van der Waals surface area contributed by atoms with Crippen molar-refractivity contribution in [1.82, 2.24) is 4.90 Å². The highest BCUT2D eigenvalue weighted by molar-refractivity contribution is 6.31. The lowest BCUT2D eigenvalue weighted by atomic mass is 9.90. The van der Waals surface area contributed by atoms with E-state index < -0.39 is 6.03 Å². The molecule has 4 heteroatoms. The van der Waals surface area contributed by atoms with Crippen LogP contribution in [0.4, 0.5) is 4.79 Å². The molecular weight excluding hydrogens is 344 g/mol. The van der Waals surface area contributed by atoms with E-state index in [1.807, 2.05) is 60.7 Å². The van der Waals surface area contributed by atoms with Gasteiger partial charge in [-0.3, -0.25) is 0 Å². The van der Waals surface area contributed by atoms with E-state index in [1.165, 1.54) is 0 Å². The molecule has 26 heavy (non-hydrogen) atoms. The lowest BCUT2D eigenvalue weighted by molar-refractivity contribution is 0.203. The Balaban J connectivity index is 1.90. The van der Waals surface area contributed by atoms with Gasteiger partial charge in [-0.1, -0.05) is 90.5 Å². The van der Waals surface area contributed by atoms with Gasteiger partial charge < -0.3 is 10.6 Å². The molecular formula is C22H21ClN2O. The van der Waals surface area contributed by atoms with Crippen molar-refractivity contribution in [2.45, 2.75) is 12.5 Å². The molecule has 0 atom stereocenters. The van der Waals surface area contributed by atoms with Crippen LogP contribution in [0.15, 0.2) is 84.9 Å². The van der Waals surface area contributed by atoms with Crippen molar-refractivity contribution >= 4 is 17.6 Å². The molecule has 0 heterocycles. The summed E-state index contributed by atoms with van der Waals surface area (Å²) in [5.74, 6) is 0.0346. The fourth-order valence-electron chi connectivity index (χ4n) is 3.06. The number of hydrogen-bond donors (Lipinski definition) is 1. The van der Waals surface area contributed by atoms with Gasteiger partial charge >= 0.3 is 6.03 Å². The van der Waals surface area contributed by atoms with E-state index in [1.54, 1.807) is 4.90 Å². The zero-order valence-corrected chi connectivity index (χ0v) is 15.1. The Morgan fingerprint density at radius 3 is 1.85 bits per heavy atom. The Morgan fingerprint density at radius 2 is 1.35 bits per heavy atom. The van der Waals surface area contributed by atoms with Crippen LogP contribution in [-0.2, 0) is 6.54 Å². The molecule has 0 aliphatic rings. The van der Waals surface area contributed by atoms with Crippen molar-refractivity contribution in [1.29, 1.82) is 0 Å². The summed E-state index contributed by atoms with van der Waals surface area (Å²) in [5, 5.41) is 0.634. The summed E-state index contributed by atoms with van der Waals surface area (Å²) in [4.78, 5) is 13.8. The highest BCUT2D eigenvalue weighted by Crippen LogP contribution is 2.27. The van der Waals surface area contributed by atoms with E-state index >= 15 is 0 Å². The van der Waals surface area contributed by atoms with Crippen molar-refractivity contribution in [2.24, 2.45) is 5.73 Å². The minimum absolute atomic E-state index is 0.0346. The van der Waals surface area contributed by atoms with E-state index in [9.17, 15) is 4.79 Å². The van der Waals surface area contributed by atoms with E-state index in [0.717, 1.165) is 16.7 Å². The summed E-state index contributed by atoms with van der Waals surface area (Å²) in [6.07, 6.45) is 0. The SMILES string of the molecule is NC(=O)N(Cc1ccccc1Cl)CC(c1ccccc1)c1ccccc1. The average Bonchev–Trinajstić information content (AvgIpc) is 2.67. The first-order valence-electron chi connectivity index (χ1n) is 8.53. The Morgan fingerprint density at radius 1 is 0.846 bits per heavy atom. The van der Waals surface area contributed by atoms with Crippen molar-refractivity contribution in [3.63, 3.8) is 0 Å². The third-order valence-corrected chi connectivity index (χ3v) is 4.81. The predicted molar refractivity (Wildman–Crippen MR) is 106 cm³/mol. The molecule has 2 N–H and O–H groups in total. The lowest BCUT2D eigenvalue weighted by Gasteiger charge is -2.27. The Labute approximate surface area is 159 Å². The monoisotopic (exact) mass is 364 g/mol. The maximum absolute atomic E-state index is 12.1. The van der Waals surface area contributed by atoms with Gasteiger partial charge in [0.15, 0.2) is 0 Å². The quantitative estimate of drug-likeness (QED) is 0.653. The summed E-state index contributed by atoms with van der Waals surface area (Å²) >= 11 is 6.26. The van der Waals surface area contributed by atoms with Gasteiger partial charge in [-0.15, -0.1) is 0 Å². The molecule has 0 fully saturated rings. The summed E-state index contributed by atoms with van der Waals surface area (Å²) in [7, 11) is 0. The summed E-state index contributed by atoms with van der Waals surface area (Å²) in [6.45, 7) is 0.861. The van der Waals surface area contributed by atoms with E-state index in [4.69, 9.17) is 17.3 Å². The van der Waals surface area contributed by atoms with Gasteiger partial charge in [0, 0.05) is 24.0 Å². The smallest absolute Gasteiger partial charge is 0.315 e. The van der Waals surface area contributed by atoms with Crippen molar-refractivity contribution in [3.05, 3.63) is 107 Å². The van der Waals surface area contributed by atoms with Gasteiger partial charge in [-0.25, -0.2) is 4.79 Å². The third-order valence-electron chi connectivity index (χ3n) is 4.44. The number of urea groups is 1. The molecule has 0 radical (unpaired) electrons. The fraction of sp³-hybridized carbons (Fsp3) is 0.136. The van der Waals surface area contributed by atoms with E-state index in [0.29, 0.717) is 18.1 Å². The van der Waals surface area contributed by atoms with Gasteiger partial charge in [0.1, 0.15) is 0 Å². The van der Waals surface area contributed by atoms with Crippen LogP contribution in [0.2, 0.25) is 5.02 Å². The largest absolute Gasteiger partial charge is 0.351 e. The van der Waals surface area contributed by atoms with Crippen LogP contribution < -0.4 is 5.73 Å². The minimum Gasteiger partial charge on any atom is -0.351 e. The maximum Gasteiger partial charge on any atom is 0.315 e. The highest BCUT2D eigenvalue weighted by Gasteiger charge is 2.21. The molecule has 132 valence electrons. The van der Waals surface area contributed by atoms with Crippen molar-refractivity contribution in [3.8, 4) is 0 Å². The highest BCUT2D eigenvalue weighted by atomic mass is 35.5. The number of primary amides is 1. The van der Waals surface area contributed by atoms with Crippen LogP contribution in [0, 0.1) is 0 Å². The fourth-order valence-corrected chi connectivity index (χ4v) is 3.25. The number of halogens is 1. The first-order chi connectivity index (χ1) is 12.6. The molecule has 3 aromatic carbocycles. The molecule has 3 rings (SSSR count). The first kappa shape index (κ1) is 18.0. The molecule has 0 aliphatic carbocycles.